The zero-order valence-electron chi connectivity index (χ0n) is 19.1. The molecule has 2 aromatic rings. The topological polar surface area (TPSA) is 121 Å². The number of anilines is 1. The van der Waals surface area contributed by atoms with Gasteiger partial charge in [-0.1, -0.05) is 27.7 Å². The predicted molar refractivity (Wildman–Crippen MR) is 116 cm³/mol. The summed E-state index contributed by atoms with van der Waals surface area (Å²) in [7, 11) is -4.21. The number of pyridine rings is 1. The second-order valence-corrected chi connectivity index (χ2v) is 10.6. The monoisotopic (exact) mass is 498 g/mol. The molecule has 3 rings (SSSR count). The fraction of sp³-hybridized carbons (Fsp3) is 0.524. The SMILES string of the molecule is CC(C)C(=O)NS(=O)(=O)c1ccc(-n2nc(C(F)(F)F)c(C#N)c2N2C[C@H](C)C[C@H](C)C2)nc1. The smallest absolute Gasteiger partial charge is 0.355 e. The Hall–Kier alpha value is -3.14. The Bertz CT molecular complexity index is 1210. The third-order valence-electron chi connectivity index (χ3n) is 5.42. The van der Waals surface area contributed by atoms with Crippen molar-refractivity contribution in [3.8, 4) is 11.9 Å². The molecule has 0 bridgehead atoms. The molecule has 34 heavy (non-hydrogen) atoms. The molecule has 0 radical (unpaired) electrons. The van der Waals surface area contributed by atoms with Crippen molar-refractivity contribution < 1.29 is 26.4 Å². The molecule has 1 saturated heterocycles. The molecule has 0 aliphatic carbocycles. The number of halogens is 3. The van der Waals surface area contributed by atoms with Crippen molar-refractivity contribution >= 4 is 21.7 Å². The van der Waals surface area contributed by atoms with Crippen molar-refractivity contribution in [1.82, 2.24) is 19.5 Å². The summed E-state index contributed by atoms with van der Waals surface area (Å²) in [6.07, 6.45) is -3.05. The Labute approximate surface area is 195 Å². The van der Waals surface area contributed by atoms with E-state index in [9.17, 15) is 31.6 Å². The van der Waals surface area contributed by atoms with Crippen molar-refractivity contribution in [2.45, 2.75) is 45.2 Å². The van der Waals surface area contributed by atoms with E-state index in [1.165, 1.54) is 19.9 Å². The minimum atomic E-state index is -4.87. The van der Waals surface area contributed by atoms with Crippen LogP contribution in [-0.2, 0) is 21.0 Å². The molecule has 3 heterocycles. The van der Waals surface area contributed by atoms with E-state index in [4.69, 9.17) is 0 Å². The molecule has 1 N–H and O–H groups in total. The van der Waals surface area contributed by atoms with E-state index in [1.807, 2.05) is 18.6 Å². The molecule has 0 aromatic carbocycles. The molecule has 184 valence electrons. The lowest BCUT2D eigenvalue weighted by atomic mass is 9.91. The number of alkyl halides is 3. The van der Waals surface area contributed by atoms with Crippen molar-refractivity contribution in [2.24, 2.45) is 17.8 Å². The fourth-order valence-electron chi connectivity index (χ4n) is 3.96. The number of rotatable bonds is 5. The number of aromatic nitrogens is 3. The zero-order chi connectivity index (χ0) is 25.4. The number of piperidine rings is 1. The van der Waals surface area contributed by atoms with Gasteiger partial charge >= 0.3 is 6.18 Å². The van der Waals surface area contributed by atoms with Gasteiger partial charge in [0, 0.05) is 25.2 Å². The normalized spacial score (nSPS) is 19.2. The number of amides is 1. The number of hydrogen-bond acceptors (Lipinski definition) is 7. The first-order valence-corrected chi connectivity index (χ1v) is 12.1. The number of nitriles is 1. The molecular weight excluding hydrogens is 473 g/mol. The summed E-state index contributed by atoms with van der Waals surface area (Å²) in [6.45, 7) is 7.86. The second kappa shape index (κ2) is 9.25. The van der Waals surface area contributed by atoms with Gasteiger partial charge in [0.15, 0.2) is 17.3 Å². The number of carbonyl (C=O) groups is 1. The molecule has 1 amide bonds. The summed E-state index contributed by atoms with van der Waals surface area (Å²) >= 11 is 0. The van der Waals surface area contributed by atoms with E-state index in [1.54, 1.807) is 11.0 Å². The summed E-state index contributed by atoms with van der Waals surface area (Å²) in [5.74, 6) is -1.06. The highest BCUT2D eigenvalue weighted by Crippen LogP contribution is 2.38. The Balaban J connectivity index is 2.10. The van der Waals surface area contributed by atoms with E-state index < -0.39 is 39.3 Å². The Morgan fingerprint density at radius 2 is 1.85 bits per heavy atom. The van der Waals surface area contributed by atoms with Crippen LogP contribution in [-0.4, -0.2) is 42.2 Å². The van der Waals surface area contributed by atoms with E-state index in [0.717, 1.165) is 23.4 Å². The molecule has 2 aromatic heterocycles. The highest BCUT2D eigenvalue weighted by atomic mass is 32.2. The largest absolute Gasteiger partial charge is 0.436 e. The lowest BCUT2D eigenvalue weighted by molar-refractivity contribution is -0.141. The molecule has 1 fully saturated rings. The average Bonchev–Trinajstić information content (AvgIpc) is 3.13. The highest BCUT2D eigenvalue weighted by Gasteiger charge is 2.42. The van der Waals surface area contributed by atoms with Crippen LogP contribution in [0.1, 0.15) is 45.4 Å². The van der Waals surface area contributed by atoms with Crippen molar-refractivity contribution in [2.75, 3.05) is 18.0 Å². The van der Waals surface area contributed by atoms with Crippen molar-refractivity contribution in [3.63, 3.8) is 0 Å². The van der Waals surface area contributed by atoms with Crippen LogP contribution in [0.3, 0.4) is 0 Å². The molecule has 0 saturated carbocycles. The molecule has 0 spiro atoms. The summed E-state index contributed by atoms with van der Waals surface area (Å²) in [6, 6.07) is 3.94. The van der Waals surface area contributed by atoms with Crippen LogP contribution in [0.5, 0.6) is 0 Å². The molecule has 9 nitrogen and oxygen atoms in total. The van der Waals surface area contributed by atoms with E-state index in [0.29, 0.717) is 13.1 Å². The van der Waals surface area contributed by atoms with Crippen LogP contribution in [0.15, 0.2) is 23.2 Å². The standard InChI is InChI=1S/C21H25F3N6O3S/c1-12(2)19(31)28-34(32,33)15-5-6-17(26-9-15)30-20(29-10-13(3)7-14(4)11-29)16(8-25)18(27-30)21(22,23)24/h5-6,9,12-14H,7,10-11H2,1-4H3,(H,28,31)/t13-,14+. The minimum Gasteiger partial charge on any atom is -0.355 e. The first-order valence-electron chi connectivity index (χ1n) is 10.6. The number of nitrogens with zero attached hydrogens (tertiary/aromatic N) is 5. The van der Waals surface area contributed by atoms with Gasteiger partial charge in [0.2, 0.25) is 5.91 Å². The lowest BCUT2D eigenvalue weighted by Crippen LogP contribution is -2.40. The van der Waals surface area contributed by atoms with Crippen molar-refractivity contribution in [3.05, 3.63) is 29.6 Å². The predicted octanol–water partition coefficient (Wildman–Crippen LogP) is 3.10. The van der Waals surface area contributed by atoms with Crippen LogP contribution >= 0.6 is 0 Å². The summed E-state index contributed by atoms with van der Waals surface area (Å²) in [5, 5.41) is 13.3. The fourth-order valence-corrected chi connectivity index (χ4v) is 5.02. The van der Waals surface area contributed by atoms with Gasteiger partial charge in [0.05, 0.1) is 0 Å². The van der Waals surface area contributed by atoms with Gasteiger partial charge in [-0.05, 0) is 30.4 Å². The van der Waals surface area contributed by atoms with Gasteiger partial charge in [-0.15, -0.1) is 0 Å². The maximum Gasteiger partial charge on any atom is 0.436 e. The molecule has 13 heteroatoms. The molecular formula is C21H25F3N6O3S. The number of hydrogen-bond donors (Lipinski definition) is 1. The minimum absolute atomic E-state index is 0.0376. The van der Waals surface area contributed by atoms with Gasteiger partial charge in [-0.25, -0.2) is 18.1 Å². The third kappa shape index (κ3) is 5.16. The second-order valence-electron chi connectivity index (χ2n) is 8.90. The molecule has 0 unspecified atom stereocenters. The van der Waals surface area contributed by atoms with E-state index in [2.05, 4.69) is 10.1 Å². The summed E-state index contributed by atoms with van der Waals surface area (Å²) in [5.41, 5.74) is -1.95. The van der Waals surface area contributed by atoms with Gasteiger partial charge in [-0.3, -0.25) is 4.79 Å². The molecule has 1 aliphatic rings. The first kappa shape index (κ1) is 25.5. The first-order chi connectivity index (χ1) is 15.7. The van der Waals surface area contributed by atoms with Crippen LogP contribution in [0.4, 0.5) is 19.0 Å². The quantitative estimate of drug-likeness (QED) is 0.672. The Morgan fingerprint density at radius 3 is 2.32 bits per heavy atom. The van der Waals surface area contributed by atoms with Gasteiger partial charge in [-0.2, -0.15) is 28.2 Å². The van der Waals surface area contributed by atoms with Crippen LogP contribution in [0.2, 0.25) is 0 Å². The van der Waals surface area contributed by atoms with Gasteiger partial charge in [0.25, 0.3) is 10.0 Å². The summed E-state index contributed by atoms with van der Waals surface area (Å²) in [4.78, 5) is 17.1. The highest BCUT2D eigenvalue weighted by molar-refractivity contribution is 7.90. The zero-order valence-corrected chi connectivity index (χ0v) is 19.9. The lowest BCUT2D eigenvalue weighted by Gasteiger charge is -2.36. The number of carbonyl (C=O) groups excluding carboxylic acids is 1. The van der Waals surface area contributed by atoms with Crippen LogP contribution < -0.4 is 9.62 Å². The van der Waals surface area contributed by atoms with E-state index in [-0.39, 0.29) is 28.4 Å². The maximum absolute atomic E-state index is 13.7. The molecule has 2 atom stereocenters. The Kier molecular flexibility index (Phi) is 6.93. The number of nitrogens with one attached hydrogen (secondary N) is 1. The average molecular weight is 499 g/mol. The third-order valence-corrected chi connectivity index (χ3v) is 6.75. The molecule has 1 aliphatic heterocycles. The van der Waals surface area contributed by atoms with Crippen LogP contribution in [0.25, 0.3) is 5.82 Å². The number of sulfonamides is 1. The van der Waals surface area contributed by atoms with Gasteiger partial charge < -0.3 is 4.90 Å². The van der Waals surface area contributed by atoms with Crippen LogP contribution in [0, 0.1) is 29.1 Å². The van der Waals surface area contributed by atoms with E-state index >= 15 is 0 Å². The summed E-state index contributed by atoms with van der Waals surface area (Å²) < 4.78 is 68.7. The Morgan fingerprint density at radius 1 is 1.24 bits per heavy atom. The maximum atomic E-state index is 13.7. The van der Waals surface area contributed by atoms with Crippen molar-refractivity contribution in [1.29, 1.82) is 5.26 Å². The van der Waals surface area contributed by atoms with Gasteiger partial charge in [0.1, 0.15) is 16.5 Å².